The van der Waals surface area contributed by atoms with Crippen molar-refractivity contribution in [2.24, 2.45) is 0 Å². The monoisotopic (exact) mass is 400 g/mol. The second kappa shape index (κ2) is 8.69. The fourth-order valence-corrected chi connectivity index (χ4v) is 3.24. The summed E-state index contributed by atoms with van der Waals surface area (Å²) in [6.07, 6.45) is 1.37. The first-order valence-corrected chi connectivity index (χ1v) is 9.73. The van der Waals surface area contributed by atoms with E-state index in [-0.39, 0.29) is 11.5 Å². The van der Waals surface area contributed by atoms with Crippen LogP contribution in [0.2, 0.25) is 0 Å². The number of anilines is 1. The number of carbonyl (C=O) groups is 1. The molecule has 30 heavy (non-hydrogen) atoms. The van der Waals surface area contributed by atoms with Gasteiger partial charge in [0.2, 0.25) is 5.82 Å². The molecular formula is C24H21FN4O. The quantitative estimate of drug-likeness (QED) is 0.508. The molecule has 0 saturated heterocycles. The summed E-state index contributed by atoms with van der Waals surface area (Å²) in [6, 6.07) is 23.9. The zero-order valence-electron chi connectivity index (χ0n) is 16.5. The fraction of sp³-hybridized carbons (Fsp3) is 0.125. The fourth-order valence-electron chi connectivity index (χ4n) is 3.24. The van der Waals surface area contributed by atoms with E-state index in [4.69, 9.17) is 0 Å². The van der Waals surface area contributed by atoms with Crippen LogP contribution in [0.25, 0.3) is 5.69 Å². The minimum atomic E-state index is -0.548. The van der Waals surface area contributed by atoms with Crippen molar-refractivity contribution in [2.45, 2.75) is 19.8 Å². The Morgan fingerprint density at radius 2 is 1.63 bits per heavy atom. The molecule has 4 rings (SSSR count). The highest BCUT2D eigenvalue weighted by molar-refractivity contribution is 6.01. The van der Waals surface area contributed by atoms with Gasteiger partial charge in [-0.05, 0) is 42.7 Å². The van der Waals surface area contributed by atoms with Gasteiger partial charge in [0.15, 0.2) is 0 Å². The third-order valence-electron chi connectivity index (χ3n) is 4.82. The van der Waals surface area contributed by atoms with Crippen LogP contribution in [-0.4, -0.2) is 20.7 Å². The number of aromatic nitrogens is 3. The van der Waals surface area contributed by atoms with Gasteiger partial charge in [0.1, 0.15) is 11.6 Å². The first-order valence-electron chi connectivity index (χ1n) is 9.73. The van der Waals surface area contributed by atoms with Crippen molar-refractivity contribution >= 4 is 11.6 Å². The molecule has 0 bridgehead atoms. The highest BCUT2D eigenvalue weighted by atomic mass is 19.1. The van der Waals surface area contributed by atoms with Gasteiger partial charge in [-0.25, -0.2) is 14.1 Å². The van der Waals surface area contributed by atoms with Crippen LogP contribution in [0.4, 0.5) is 10.1 Å². The maximum atomic E-state index is 13.9. The SMILES string of the molecule is Cc1ccccc1-n1nc(C(=O)Nc2ccccc2F)nc1CCc1ccccc1. The maximum Gasteiger partial charge on any atom is 0.295 e. The van der Waals surface area contributed by atoms with Gasteiger partial charge in [0.25, 0.3) is 5.91 Å². The summed E-state index contributed by atoms with van der Waals surface area (Å²) in [5, 5.41) is 7.01. The number of hydrogen-bond acceptors (Lipinski definition) is 3. The number of amides is 1. The second-order valence-electron chi connectivity index (χ2n) is 6.97. The van der Waals surface area contributed by atoms with E-state index in [1.54, 1.807) is 16.8 Å². The summed E-state index contributed by atoms with van der Waals surface area (Å²) in [5.74, 6) is -0.377. The van der Waals surface area contributed by atoms with Gasteiger partial charge in [0.05, 0.1) is 11.4 Å². The highest BCUT2D eigenvalue weighted by Gasteiger charge is 2.19. The lowest BCUT2D eigenvalue weighted by atomic mass is 10.1. The number of aryl methyl sites for hydroxylation is 3. The minimum absolute atomic E-state index is 0.00423. The molecule has 0 fully saturated rings. The summed E-state index contributed by atoms with van der Waals surface area (Å²) in [5.41, 5.74) is 3.15. The first-order chi connectivity index (χ1) is 14.6. The molecule has 0 aliphatic carbocycles. The van der Waals surface area contributed by atoms with Crippen molar-refractivity contribution in [1.29, 1.82) is 0 Å². The van der Waals surface area contributed by atoms with Gasteiger partial charge < -0.3 is 5.32 Å². The lowest BCUT2D eigenvalue weighted by Crippen LogP contribution is -2.15. The van der Waals surface area contributed by atoms with Crippen LogP contribution in [0.15, 0.2) is 78.9 Å². The predicted molar refractivity (Wildman–Crippen MR) is 114 cm³/mol. The predicted octanol–water partition coefficient (Wildman–Crippen LogP) is 4.75. The summed E-state index contributed by atoms with van der Waals surface area (Å²) < 4.78 is 15.6. The first kappa shape index (κ1) is 19.5. The van der Waals surface area contributed by atoms with Crippen LogP contribution in [-0.2, 0) is 12.8 Å². The van der Waals surface area contributed by atoms with Crippen molar-refractivity contribution in [3.63, 3.8) is 0 Å². The van der Waals surface area contributed by atoms with Crippen LogP contribution < -0.4 is 5.32 Å². The van der Waals surface area contributed by atoms with Crippen molar-refractivity contribution in [2.75, 3.05) is 5.32 Å². The topological polar surface area (TPSA) is 59.8 Å². The summed E-state index contributed by atoms with van der Waals surface area (Å²) >= 11 is 0. The molecule has 0 radical (unpaired) electrons. The van der Waals surface area contributed by atoms with E-state index in [0.29, 0.717) is 12.2 Å². The van der Waals surface area contributed by atoms with Crippen molar-refractivity contribution in [3.05, 3.63) is 107 Å². The van der Waals surface area contributed by atoms with Crippen LogP contribution in [0.1, 0.15) is 27.6 Å². The van der Waals surface area contributed by atoms with Crippen LogP contribution in [0, 0.1) is 12.7 Å². The van der Waals surface area contributed by atoms with Gasteiger partial charge in [-0.3, -0.25) is 4.79 Å². The molecule has 0 aliphatic heterocycles. The van der Waals surface area contributed by atoms with E-state index in [9.17, 15) is 9.18 Å². The van der Waals surface area contributed by atoms with Crippen LogP contribution in [0.5, 0.6) is 0 Å². The zero-order valence-corrected chi connectivity index (χ0v) is 16.5. The van der Waals surface area contributed by atoms with Gasteiger partial charge in [-0.15, -0.1) is 5.10 Å². The number of nitrogens with one attached hydrogen (secondary N) is 1. The number of hydrogen-bond donors (Lipinski definition) is 1. The number of carbonyl (C=O) groups excluding carboxylic acids is 1. The highest BCUT2D eigenvalue weighted by Crippen LogP contribution is 2.18. The van der Waals surface area contributed by atoms with Crippen LogP contribution >= 0.6 is 0 Å². The lowest BCUT2D eigenvalue weighted by molar-refractivity contribution is 0.101. The number of para-hydroxylation sites is 2. The Kier molecular flexibility index (Phi) is 5.66. The molecule has 0 aliphatic rings. The van der Waals surface area contributed by atoms with Crippen molar-refractivity contribution < 1.29 is 9.18 Å². The van der Waals surface area contributed by atoms with Gasteiger partial charge in [0, 0.05) is 6.42 Å². The normalized spacial score (nSPS) is 10.7. The smallest absolute Gasteiger partial charge is 0.295 e. The molecule has 0 saturated carbocycles. The Bertz CT molecular complexity index is 1170. The van der Waals surface area contributed by atoms with E-state index in [1.165, 1.54) is 17.7 Å². The molecule has 5 nitrogen and oxygen atoms in total. The summed E-state index contributed by atoms with van der Waals surface area (Å²) in [7, 11) is 0. The molecule has 1 amide bonds. The van der Waals surface area contributed by atoms with Crippen molar-refractivity contribution in [1.82, 2.24) is 14.8 Å². The van der Waals surface area contributed by atoms with Crippen molar-refractivity contribution in [3.8, 4) is 5.69 Å². The molecule has 0 spiro atoms. The molecule has 0 unspecified atom stereocenters. The number of nitrogens with zero attached hydrogens (tertiary/aromatic N) is 3. The molecule has 150 valence electrons. The van der Waals surface area contributed by atoms with E-state index in [1.807, 2.05) is 49.4 Å². The average molecular weight is 400 g/mol. The Hall–Kier alpha value is -3.80. The molecule has 1 aromatic heterocycles. The van der Waals surface area contributed by atoms with Crippen LogP contribution in [0.3, 0.4) is 0 Å². The van der Waals surface area contributed by atoms with Gasteiger partial charge >= 0.3 is 0 Å². The zero-order chi connectivity index (χ0) is 20.9. The second-order valence-corrected chi connectivity index (χ2v) is 6.97. The Morgan fingerprint density at radius 1 is 0.933 bits per heavy atom. The third kappa shape index (κ3) is 4.27. The molecule has 1 heterocycles. The third-order valence-corrected chi connectivity index (χ3v) is 4.82. The summed E-state index contributed by atoms with van der Waals surface area (Å²) in [6.45, 7) is 1.98. The summed E-state index contributed by atoms with van der Waals surface area (Å²) in [4.78, 5) is 17.2. The minimum Gasteiger partial charge on any atom is -0.317 e. The van der Waals surface area contributed by atoms with E-state index in [2.05, 4.69) is 27.5 Å². The molecule has 1 N–H and O–H groups in total. The Labute approximate surface area is 174 Å². The molecule has 3 aromatic carbocycles. The molecule has 6 heteroatoms. The Balaban J connectivity index is 1.65. The number of rotatable bonds is 6. The maximum absolute atomic E-state index is 13.9. The largest absolute Gasteiger partial charge is 0.317 e. The number of benzene rings is 3. The average Bonchev–Trinajstić information content (AvgIpc) is 3.19. The standard InChI is InChI=1S/C24H21FN4O/c1-17-9-5-8-14-21(17)29-22(16-15-18-10-3-2-4-11-18)27-23(28-29)24(30)26-20-13-7-6-12-19(20)25/h2-14H,15-16H2,1H3,(H,26,30). The Morgan fingerprint density at radius 3 is 2.40 bits per heavy atom. The van der Waals surface area contributed by atoms with E-state index in [0.717, 1.165) is 17.7 Å². The molecular weight excluding hydrogens is 379 g/mol. The molecule has 0 atom stereocenters. The molecule has 4 aromatic rings. The van der Waals surface area contributed by atoms with E-state index < -0.39 is 11.7 Å². The lowest BCUT2D eigenvalue weighted by Gasteiger charge is -2.08. The van der Waals surface area contributed by atoms with Gasteiger partial charge in [-0.1, -0.05) is 60.7 Å². The number of halogens is 1. The van der Waals surface area contributed by atoms with Gasteiger partial charge in [-0.2, -0.15) is 0 Å². The van der Waals surface area contributed by atoms with E-state index >= 15 is 0 Å².